The van der Waals surface area contributed by atoms with Crippen LogP contribution in [-0.4, -0.2) is 43.9 Å². The van der Waals surface area contributed by atoms with Gasteiger partial charge in [-0.1, -0.05) is 6.07 Å². The van der Waals surface area contributed by atoms with Crippen LogP contribution in [-0.2, 0) is 11.3 Å². The number of carbonyl (C=O) groups is 1. The lowest BCUT2D eigenvalue weighted by atomic mass is 9.92. The van der Waals surface area contributed by atoms with Crippen LogP contribution in [0.25, 0.3) is 0 Å². The maximum absolute atomic E-state index is 14.3. The van der Waals surface area contributed by atoms with Crippen LogP contribution in [0.3, 0.4) is 0 Å². The van der Waals surface area contributed by atoms with E-state index in [-0.39, 0.29) is 12.2 Å². The van der Waals surface area contributed by atoms with E-state index in [0.29, 0.717) is 22.9 Å². The summed E-state index contributed by atoms with van der Waals surface area (Å²) < 4.78 is 24.7. The van der Waals surface area contributed by atoms with Gasteiger partial charge in [-0.3, -0.25) is 0 Å². The Kier molecular flexibility index (Phi) is 6.11. The maximum Gasteiger partial charge on any atom is 0.338 e. The molecular weight excluding hydrogens is 346 g/mol. The summed E-state index contributed by atoms with van der Waals surface area (Å²) in [6.45, 7) is 3.93. The van der Waals surface area contributed by atoms with Gasteiger partial charge in [0, 0.05) is 23.2 Å². The Bertz CT molecular complexity index is 823. The van der Waals surface area contributed by atoms with Crippen LogP contribution in [0.1, 0.15) is 45.9 Å². The van der Waals surface area contributed by atoms with Crippen molar-refractivity contribution >= 4 is 14.0 Å². The van der Waals surface area contributed by atoms with Crippen molar-refractivity contribution < 1.29 is 18.7 Å². The Hall–Kier alpha value is -2.41. The minimum Gasteiger partial charge on any atom is -0.473 e. The molecule has 1 aliphatic rings. The molecule has 0 spiro atoms. The highest BCUT2D eigenvalue weighted by atomic mass is 19.1. The van der Waals surface area contributed by atoms with Crippen LogP contribution in [0.15, 0.2) is 30.3 Å². The van der Waals surface area contributed by atoms with Crippen molar-refractivity contribution in [3.8, 4) is 5.88 Å². The molecule has 1 fully saturated rings. The number of piperidine rings is 1. The number of rotatable bonds is 5. The molecule has 0 saturated carbocycles. The summed E-state index contributed by atoms with van der Waals surface area (Å²) in [5.41, 5.74) is 2.28. The van der Waals surface area contributed by atoms with E-state index in [1.807, 2.05) is 12.1 Å². The highest BCUT2D eigenvalue weighted by molar-refractivity contribution is 6.04. The molecule has 0 N–H and O–H groups in total. The van der Waals surface area contributed by atoms with Crippen molar-refractivity contribution in [2.75, 3.05) is 20.2 Å². The Labute approximate surface area is 159 Å². The normalized spacial score (nSPS) is 15.5. The first-order valence-electron chi connectivity index (χ1n) is 9.13. The lowest BCUT2D eigenvalue weighted by Gasteiger charge is -2.29. The van der Waals surface area contributed by atoms with Gasteiger partial charge < -0.3 is 14.3 Å². The molecule has 142 valence electrons. The number of pyridine rings is 1. The van der Waals surface area contributed by atoms with Gasteiger partial charge in [-0.25, -0.2) is 14.2 Å². The van der Waals surface area contributed by atoms with E-state index in [9.17, 15) is 9.18 Å². The predicted molar refractivity (Wildman–Crippen MR) is 103 cm³/mol. The first-order chi connectivity index (χ1) is 13.0. The summed E-state index contributed by atoms with van der Waals surface area (Å²) in [6.07, 6.45) is 2.16. The molecule has 2 aromatic rings. The molecule has 2 heterocycles. The maximum atomic E-state index is 14.3. The topological polar surface area (TPSA) is 51.7 Å². The lowest BCUT2D eigenvalue weighted by Crippen LogP contribution is -2.30. The molecule has 1 aliphatic heterocycles. The van der Waals surface area contributed by atoms with Gasteiger partial charge in [-0.15, -0.1) is 0 Å². The van der Waals surface area contributed by atoms with Crippen molar-refractivity contribution in [1.82, 2.24) is 9.79 Å². The molecule has 3 rings (SSSR count). The van der Waals surface area contributed by atoms with Gasteiger partial charge in [0.2, 0.25) is 5.88 Å². The second kappa shape index (κ2) is 8.52. The molecule has 0 radical (unpaired) electrons. The molecule has 7 heteroatoms. The highest BCUT2D eigenvalue weighted by Gasteiger charge is 2.20. The third kappa shape index (κ3) is 4.66. The summed E-state index contributed by atoms with van der Waals surface area (Å²) >= 11 is 0. The van der Waals surface area contributed by atoms with Gasteiger partial charge >= 0.3 is 5.97 Å². The highest BCUT2D eigenvalue weighted by Crippen LogP contribution is 2.27. The Morgan fingerprint density at radius 3 is 2.78 bits per heavy atom. The molecule has 0 aliphatic carbocycles. The number of hydrogen-bond acceptors (Lipinski definition) is 5. The summed E-state index contributed by atoms with van der Waals surface area (Å²) in [6, 6.07) is 8.55. The number of esters is 1. The molecule has 5 nitrogen and oxygen atoms in total. The third-order valence-electron chi connectivity index (χ3n) is 5.06. The van der Waals surface area contributed by atoms with Crippen LogP contribution < -0.4 is 4.74 Å². The van der Waals surface area contributed by atoms with Gasteiger partial charge in [0.05, 0.1) is 12.7 Å². The average Bonchev–Trinajstić information content (AvgIpc) is 2.68. The van der Waals surface area contributed by atoms with Crippen molar-refractivity contribution in [2.45, 2.75) is 32.3 Å². The fourth-order valence-electron chi connectivity index (χ4n) is 3.38. The molecule has 27 heavy (non-hydrogen) atoms. The number of ether oxygens (including phenoxy) is 2. The number of benzene rings is 1. The van der Waals surface area contributed by atoms with Gasteiger partial charge in [0.25, 0.3) is 0 Å². The molecule has 0 bridgehead atoms. The minimum atomic E-state index is -0.550. The summed E-state index contributed by atoms with van der Waals surface area (Å²) in [7, 11) is 3.41. The molecule has 1 saturated heterocycles. The van der Waals surface area contributed by atoms with E-state index >= 15 is 0 Å². The minimum absolute atomic E-state index is 0.0536. The number of halogens is 1. The largest absolute Gasteiger partial charge is 0.473 e. The van der Waals surface area contributed by atoms with Gasteiger partial charge in [-0.05, 0) is 56.6 Å². The van der Waals surface area contributed by atoms with E-state index in [4.69, 9.17) is 4.74 Å². The SMILES string of the molecule is BN1CCC(c2cccc(OCc3cc(C)c(C(=O)OC)cc3F)n2)CC1. The number of nitrogens with zero attached hydrogens (tertiary/aromatic N) is 2. The van der Waals surface area contributed by atoms with E-state index < -0.39 is 11.8 Å². The van der Waals surface area contributed by atoms with E-state index in [2.05, 4.69) is 22.5 Å². The van der Waals surface area contributed by atoms with Gasteiger partial charge in [0.1, 0.15) is 12.4 Å². The van der Waals surface area contributed by atoms with Crippen molar-refractivity contribution in [1.29, 1.82) is 0 Å². The van der Waals surface area contributed by atoms with E-state index in [1.165, 1.54) is 13.2 Å². The molecule has 1 aromatic heterocycles. The summed E-state index contributed by atoms with van der Waals surface area (Å²) in [5.74, 6) is -0.123. The number of methoxy groups -OCH3 is 1. The lowest BCUT2D eigenvalue weighted by molar-refractivity contribution is 0.0599. The molecule has 0 unspecified atom stereocenters. The average molecular weight is 370 g/mol. The summed E-state index contributed by atoms with van der Waals surface area (Å²) in [4.78, 5) is 18.6. The van der Waals surface area contributed by atoms with Crippen molar-refractivity contribution in [2.24, 2.45) is 0 Å². The predicted octanol–water partition coefficient (Wildman–Crippen LogP) is 2.62. The molecular formula is C20H24BFN2O3. The zero-order valence-electron chi connectivity index (χ0n) is 16.0. The Morgan fingerprint density at radius 1 is 1.33 bits per heavy atom. The second-order valence-corrected chi connectivity index (χ2v) is 7.02. The number of aromatic nitrogens is 1. The molecule has 1 aromatic carbocycles. The molecule has 0 atom stereocenters. The first-order valence-corrected chi connectivity index (χ1v) is 9.13. The Morgan fingerprint density at radius 2 is 2.07 bits per heavy atom. The number of aryl methyl sites for hydroxylation is 1. The van der Waals surface area contributed by atoms with Crippen LogP contribution >= 0.6 is 0 Å². The van der Waals surface area contributed by atoms with Crippen LogP contribution in [0, 0.1) is 12.7 Å². The van der Waals surface area contributed by atoms with Crippen molar-refractivity contribution in [3.05, 3.63) is 58.5 Å². The standard InChI is InChI=1S/C20H24BFN2O3/c1-13-10-15(17(22)11-16(13)20(25)26-2)12-27-19-5-3-4-18(23-19)14-6-8-24(21)9-7-14/h3-5,10-11,14H,6-9,12,21H2,1-2H3. The smallest absolute Gasteiger partial charge is 0.338 e. The zero-order chi connectivity index (χ0) is 19.4. The van der Waals surface area contributed by atoms with E-state index in [1.54, 1.807) is 19.1 Å². The third-order valence-corrected chi connectivity index (χ3v) is 5.06. The van der Waals surface area contributed by atoms with Gasteiger partial charge in [0.15, 0.2) is 7.98 Å². The Balaban J connectivity index is 1.69. The van der Waals surface area contributed by atoms with Crippen LogP contribution in [0.5, 0.6) is 5.88 Å². The van der Waals surface area contributed by atoms with Crippen LogP contribution in [0.2, 0.25) is 0 Å². The second-order valence-electron chi connectivity index (χ2n) is 7.02. The van der Waals surface area contributed by atoms with Crippen molar-refractivity contribution in [3.63, 3.8) is 0 Å². The van der Waals surface area contributed by atoms with E-state index in [0.717, 1.165) is 31.6 Å². The fourth-order valence-corrected chi connectivity index (χ4v) is 3.38. The fraction of sp³-hybridized carbons (Fsp3) is 0.400. The summed E-state index contributed by atoms with van der Waals surface area (Å²) in [5, 5.41) is 0. The van der Waals surface area contributed by atoms with Crippen LogP contribution in [0.4, 0.5) is 4.39 Å². The molecule has 0 amide bonds. The number of carbonyl (C=O) groups excluding carboxylic acids is 1. The monoisotopic (exact) mass is 370 g/mol. The number of hydrogen-bond donors (Lipinski definition) is 0. The van der Waals surface area contributed by atoms with Gasteiger partial charge in [-0.2, -0.15) is 0 Å². The zero-order valence-corrected chi connectivity index (χ0v) is 16.0. The quantitative estimate of drug-likeness (QED) is 0.598. The first kappa shape index (κ1) is 19.4.